The lowest BCUT2D eigenvalue weighted by molar-refractivity contribution is 0.619. The average molecular weight is 179 g/mol. The van der Waals surface area contributed by atoms with Crippen LogP contribution >= 0.6 is 0 Å². The molecule has 1 nitrogen and oxygen atoms in total. The lowest BCUT2D eigenvalue weighted by Crippen LogP contribution is -2.02. The van der Waals surface area contributed by atoms with Crippen LogP contribution in [-0.2, 0) is 0 Å². The van der Waals surface area contributed by atoms with Crippen molar-refractivity contribution in [1.82, 2.24) is 0 Å². The first-order valence-electron chi connectivity index (χ1n) is 4.24. The Balaban J connectivity index is 2.68. The van der Waals surface area contributed by atoms with Crippen molar-refractivity contribution in [3.63, 3.8) is 0 Å². The highest BCUT2D eigenvalue weighted by Gasteiger charge is 1.97. The average Bonchev–Trinajstić information content (AvgIpc) is 2.07. The number of nitrogens with one attached hydrogen (secondary N) is 1. The number of benzene rings is 1. The summed E-state index contributed by atoms with van der Waals surface area (Å²) in [6, 6.07) is 5.12. The van der Waals surface area contributed by atoms with Gasteiger partial charge in [0.15, 0.2) is 0 Å². The van der Waals surface area contributed by atoms with E-state index in [0.29, 0.717) is 12.1 Å². The van der Waals surface area contributed by atoms with Crippen LogP contribution in [0.2, 0.25) is 0 Å². The molecule has 0 radical (unpaired) electrons. The quantitative estimate of drug-likeness (QED) is 0.703. The van der Waals surface area contributed by atoms with Gasteiger partial charge in [-0.05, 0) is 31.5 Å². The maximum absolute atomic E-state index is 13.0. The van der Waals surface area contributed by atoms with E-state index in [-0.39, 0.29) is 5.82 Å². The van der Waals surface area contributed by atoms with Gasteiger partial charge in [-0.3, -0.25) is 0 Å². The topological polar surface area (TPSA) is 12.0 Å². The highest BCUT2D eigenvalue weighted by Crippen LogP contribution is 2.13. The second-order valence-electron chi connectivity index (χ2n) is 3.27. The van der Waals surface area contributed by atoms with Crippen LogP contribution < -0.4 is 5.32 Å². The van der Waals surface area contributed by atoms with Crippen LogP contribution in [0.5, 0.6) is 0 Å². The first-order valence-corrected chi connectivity index (χ1v) is 4.24. The summed E-state index contributed by atoms with van der Waals surface area (Å²) in [5.41, 5.74) is 2.49. The number of hydrogen-bond acceptors (Lipinski definition) is 1. The third kappa shape index (κ3) is 2.90. The minimum atomic E-state index is -0.174. The molecule has 0 spiro atoms. The molecule has 70 valence electrons. The van der Waals surface area contributed by atoms with E-state index in [0.717, 1.165) is 11.3 Å². The Labute approximate surface area is 78.3 Å². The van der Waals surface area contributed by atoms with Crippen molar-refractivity contribution in [3.8, 4) is 0 Å². The standard InChI is InChI=1S/C11H14FN/c1-8(2)7-13-10-5-4-9(3)11(12)6-10/h4-6,13H,1,7H2,2-3H3. The number of anilines is 1. The molecule has 1 aromatic rings. The Morgan fingerprint density at radius 3 is 2.77 bits per heavy atom. The molecule has 0 aliphatic heterocycles. The molecule has 0 heterocycles. The zero-order chi connectivity index (χ0) is 9.84. The van der Waals surface area contributed by atoms with Crippen molar-refractivity contribution in [1.29, 1.82) is 0 Å². The van der Waals surface area contributed by atoms with E-state index in [1.165, 1.54) is 6.07 Å². The van der Waals surface area contributed by atoms with Crippen molar-refractivity contribution < 1.29 is 4.39 Å². The summed E-state index contributed by atoms with van der Waals surface area (Å²) in [4.78, 5) is 0. The van der Waals surface area contributed by atoms with Crippen LogP contribution in [0.1, 0.15) is 12.5 Å². The lowest BCUT2D eigenvalue weighted by Gasteiger charge is -2.06. The molecule has 1 aromatic carbocycles. The smallest absolute Gasteiger partial charge is 0.128 e. The van der Waals surface area contributed by atoms with Crippen molar-refractivity contribution in [2.45, 2.75) is 13.8 Å². The lowest BCUT2D eigenvalue weighted by atomic mass is 10.2. The van der Waals surface area contributed by atoms with Gasteiger partial charge in [0.25, 0.3) is 0 Å². The second-order valence-corrected chi connectivity index (χ2v) is 3.27. The Morgan fingerprint density at radius 2 is 2.23 bits per heavy atom. The van der Waals surface area contributed by atoms with Gasteiger partial charge < -0.3 is 5.32 Å². The molecular weight excluding hydrogens is 165 g/mol. The summed E-state index contributed by atoms with van der Waals surface area (Å²) in [6.45, 7) is 8.11. The maximum Gasteiger partial charge on any atom is 0.128 e. The van der Waals surface area contributed by atoms with Gasteiger partial charge in [-0.1, -0.05) is 18.2 Å². The summed E-state index contributed by atoms with van der Waals surface area (Å²) in [5.74, 6) is -0.174. The van der Waals surface area contributed by atoms with Gasteiger partial charge >= 0.3 is 0 Å². The molecule has 0 atom stereocenters. The second kappa shape index (κ2) is 4.08. The predicted molar refractivity (Wildman–Crippen MR) is 54.4 cm³/mol. The van der Waals surface area contributed by atoms with Crippen LogP contribution in [0.3, 0.4) is 0 Å². The molecule has 0 aliphatic rings. The fourth-order valence-electron chi connectivity index (χ4n) is 0.956. The largest absolute Gasteiger partial charge is 0.381 e. The molecule has 0 unspecified atom stereocenters. The van der Waals surface area contributed by atoms with Crippen molar-refractivity contribution in [3.05, 3.63) is 41.7 Å². The number of rotatable bonds is 3. The van der Waals surface area contributed by atoms with E-state index in [1.54, 1.807) is 13.0 Å². The molecule has 2 heteroatoms. The van der Waals surface area contributed by atoms with E-state index >= 15 is 0 Å². The Bertz CT molecular complexity index is 318. The normalized spacial score (nSPS) is 9.77. The molecule has 1 N–H and O–H groups in total. The van der Waals surface area contributed by atoms with E-state index in [9.17, 15) is 4.39 Å². The SMILES string of the molecule is C=C(C)CNc1ccc(C)c(F)c1. The predicted octanol–water partition coefficient (Wildman–Crippen LogP) is 3.12. The zero-order valence-corrected chi connectivity index (χ0v) is 8.02. The molecule has 0 aromatic heterocycles. The molecule has 13 heavy (non-hydrogen) atoms. The van der Waals surface area contributed by atoms with Crippen LogP contribution in [0.4, 0.5) is 10.1 Å². The Hall–Kier alpha value is -1.31. The van der Waals surface area contributed by atoms with Crippen LogP contribution in [-0.4, -0.2) is 6.54 Å². The van der Waals surface area contributed by atoms with Crippen molar-refractivity contribution in [2.24, 2.45) is 0 Å². The molecule has 0 bridgehead atoms. The first kappa shape index (κ1) is 9.78. The van der Waals surface area contributed by atoms with Crippen LogP contribution in [0, 0.1) is 12.7 Å². The van der Waals surface area contributed by atoms with E-state index in [2.05, 4.69) is 11.9 Å². The van der Waals surface area contributed by atoms with Crippen molar-refractivity contribution in [2.75, 3.05) is 11.9 Å². The van der Waals surface area contributed by atoms with Gasteiger partial charge in [-0.2, -0.15) is 0 Å². The monoisotopic (exact) mass is 179 g/mol. The van der Waals surface area contributed by atoms with Gasteiger partial charge in [0, 0.05) is 12.2 Å². The minimum Gasteiger partial charge on any atom is -0.381 e. The van der Waals surface area contributed by atoms with Crippen LogP contribution in [0.25, 0.3) is 0 Å². The molecule has 0 fully saturated rings. The number of hydrogen-bond donors (Lipinski definition) is 1. The van der Waals surface area contributed by atoms with Crippen LogP contribution in [0.15, 0.2) is 30.4 Å². The van der Waals surface area contributed by atoms with E-state index in [1.807, 2.05) is 13.0 Å². The highest BCUT2D eigenvalue weighted by molar-refractivity contribution is 5.45. The summed E-state index contributed by atoms with van der Waals surface area (Å²) >= 11 is 0. The number of halogens is 1. The van der Waals surface area contributed by atoms with E-state index in [4.69, 9.17) is 0 Å². The molecular formula is C11H14FN. The Kier molecular flexibility index (Phi) is 3.07. The maximum atomic E-state index is 13.0. The zero-order valence-electron chi connectivity index (χ0n) is 8.02. The fraction of sp³-hybridized carbons (Fsp3) is 0.273. The highest BCUT2D eigenvalue weighted by atomic mass is 19.1. The van der Waals surface area contributed by atoms with Gasteiger partial charge in [0.05, 0.1) is 0 Å². The van der Waals surface area contributed by atoms with Gasteiger partial charge in [0.1, 0.15) is 5.82 Å². The minimum absolute atomic E-state index is 0.174. The third-order valence-corrected chi connectivity index (χ3v) is 1.77. The van der Waals surface area contributed by atoms with Gasteiger partial charge in [0.2, 0.25) is 0 Å². The third-order valence-electron chi connectivity index (χ3n) is 1.77. The molecule has 0 aliphatic carbocycles. The Morgan fingerprint density at radius 1 is 1.54 bits per heavy atom. The summed E-state index contributed by atoms with van der Waals surface area (Å²) in [6.07, 6.45) is 0. The first-order chi connectivity index (χ1) is 6.09. The molecule has 0 amide bonds. The van der Waals surface area contributed by atoms with E-state index < -0.39 is 0 Å². The molecule has 0 saturated heterocycles. The number of aryl methyl sites for hydroxylation is 1. The summed E-state index contributed by atoms with van der Waals surface area (Å²) in [5, 5.41) is 3.07. The van der Waals surface area contributed by atoms with Gasteiger partial charge in [-0.25, -0.2) is 4.39 Å². The molecule has 0 saturated carbocycles. The molecule has 1 rings (SSSR count). The van der Waals surface area contributed by atoms with Gasteiger partial charge in [-0.15, -0.1) is 0 Å². The van der Waals surface area contributed by atoms with Crippen molar-refractivity contribution >= 4 is 5.69 Å². The summed E-state index contributed by atoms with van der Waals surface area (Å²) in [7, 11) is 0. The summed E-state index contributed by atoms with van der Waals surface area (Å²) < 4.78 is 13.0. The fourth-order valence-corrected chi connectivity index (χ4v) is 0.956.